The van der Waals surface area contributed by atoms with Crippen LogP contribution in [0.1, 0.15) is 36.7 Å². The van der Waals surface area contributed by atoms with Crippen LogP contribution < -0.4 is 5.32 Å². The van der Waals surface area contributed by atoms with Gasteiger partial charge in [-0.1, -0.05) is 0 Å². The lowest BCUT2D eigenvalue weighted by atomic mass is 10.1. The Hall–Kier alpha value is -2.04. The number of carboxylic acid groups (broad SMARTS) is 1. The van der Waals surface area contributed by atoms with Crippen LogP contribution in [0.5, 0.6) is 0 Å². The third kappa shape index (κ3) is 4.08. The SMILES string of the molecule is Cc1cc(NC(=O)O)ccc1C(=O)OC(C)(C)C. The minimum Gasteiger partial charge on any atom is -0.465 e. The number of aryl methyl sites for hydroxylation is 1. The van der Waals surface area contributed by atoms with E-state index in [1.807, 2.05) is 0 Å². The Kier molecular flexibility index (Phi) is 3.96. The van der Waals surface area contributed by atoms with Crippen LogP contribution in [-0.4, -0.2) is 22.8 Å². The lowest BCUT2D eigenvalue weighted by Crippen LogP contribution is -2.24. The van der Waals surface area contributed by atoms with E-state index in [-0.39, 0.29) is 0 Å². The molecular formula is C13H17NO4. The van der Waals surface area contributed by atoms with E-state index in [1.54, 1.807) is 39.8 Å². The molecule has 2 N–H and O–H groups in total. The molecule has 0 aliphatic heterocycles. The van der Waals surface area contributed by atoms with Gasteiger partial charge in [0.15, 0.2) is 0 Å². The smallest absolute Gasteiger partial charge is 0.409 e. The molecule has 98 valence electrons. The Labute approximate surface area is 106 Å². The Morgan fingerprint density at radius 3 is 2.33 bits per heavy atom. The Bertz CT molecular complexity index is 474. The molecule has 0 unspecified atom stereocenters. The predicted molar refractivity (Wildman–Crippen MR) is 68.0 cm³/mol. The zero-order valence-corrected chi connectivity index (χ0v) is 10.9. The Balaban J connectivity index is 2.92. The molecule has 0 atom stereocenters. The van der Waals surface area contributed by atoms with Gasteiger partial charge in [-0.2, -0.15) is 0 Å². The van der Waals surface area contributed by atoms with Gasteiger partial charge < -0.3 is 9.84 Å². The summed E-state index contributed by atoms with van der Waals surface area (Å²) in [5.74, 6) is -0.415. The van der Waals surface area contributed by atoms with Crippen LogP contribution in [0.25, 0.3) is 0 Å². The minimum atomic E-state index is -1.14. The van der Waals surface area contributed by atoms with E-state index in [4.69, 9.17) is 9.84 Å². The van der Waals surface area contributed by atoms with Crippen LogP contribution in [0.2, 0.25) is 0 Å². The number of anilines is 1. The van der Waals surface area contributed by atoms with Crippen molar-refractivity contribution in [1.29, 1.82) is 0 Å². The maximum Gasteiger partial charge on any atom is 0.409 e. The van der Waals surface area contributed by atoms with Crippen LogP contribution >= 0.6 is 0 Å². The second-order valence-corrected chi connectivity index (χ2v) is 4.96. The highest BCUT2D eigenvalue weighted by atomic mass is 16.6. The zero-order chi connectivity index (χ0) is 13.9. The highest BCUT2D eigenvalue weighted by Crippen LogP contribution is 2.18. The summed E-state index contributed by atoms with van der Waals surface area (Å²) in [7, 11) is 0. The number of esters is 1. The Morgan fingerprint density at radius 1 is 1.28 bits per heavy atom. The average Bonchev–Trinajstić information content (AvgIpc) is 2.13. The first-order valence-corrected chi connectivity index (χ1v) is 5.53. The van der Waals surface area contributed by atoms with E-state index in [2.05, 4.69) is 5.32 Å². The quantitative estimate of drug-likeness (QED) is 0.792. The van der Waals surface area contributed by atoms with Crippen molar-refractivity contribution >= 4 is 17.7 Å². The van der Waals surface area contributed by atoms with Gasteiger partial charge in [0.05, 0.1) is 5.56 Å². The molecule has 0 heterocycles. The third-order valence-electron chi connectivity index (χ3n) is 2.10. The van der Waals surface area contributed by atoms with Crippen molar-refractivity contribution < 1.29 is 19.4 Å². The summed E-state index contributed by atoms with van der Waals surface area (Å²) in [5, 5.41) is 10.8. The molecule has 0 aliphatic rings. The van der Waals surface area contributed by atoms with E-state index in [0.29, 0.717) is 16.8 Å². The maximum absolute atomic E-state index is 11.9. The molecule has 1 amide bonds. The van der Waals surface area contributed by atoms with Crippen molar-refractivity contribution in [3.05, 3.63) is 29.3 Å². The molecule has 5 nitrogen and oxygen atoms in total. The topological polar surface area (TPSA) is 75.6 Å². The van der Waals surface area contributed by atoms with Gasteiger partial charge in [-0.25, -0.2) is 9.59 Å². The third-order valence-corrected chi connectivity index (χ3v) is 2.10. The summed E-state index contributed by atoms with van der Waals surface area (Å²) in [6, 6.07) is 4.67. The van der Waals surface area contributed by atoms with Crippen LogP contribution in [0.15, 0.2) is 18.2 Å². The number of rotatable bonds is 2. The van der Waals surface area contributed by atoms with Crippen molar-refractivity contribution in [1.82, 2.24) is 0 Å². The number of amides is 1. The summed E-state index contributed by atoms with van der Waals surface area (Å²) in [5.41, 5.74) is 0.963. The molecule has 18 heavy (non-hydrogen) atoms. The first kappa shape index (κ1) is 14.0. The lowest BCUT2D eigenvalue weighted by molar-refractivity contribution is 0.00688. The number of benzene rings is 1. The molecule has 0 aromatic heterocycles. The van der Waals surface area contributed by atoms with Crippen LogP contribution in [0.4, 0.5) is 10.5 Å². The lowest BCUT2D eigenvalue weighted by Gasteiger charge is -2.20. The molecule has 1 aromatic rings. The zero-order valence-electron chi connectivity index (χ0n) is 10.9. The number of carbonyl (C=O) groups is 2. The summed E-state index contributed by atoms with van der Waals surface area (Å²) in [6.45, 7) is 7.11. The van der Waals surface area contributed by atoms with Gasteiger partial charge in [0.2, 0.25) is 0 Å². The number of hydrogen-bond donors (Lipinski definition) is 2. The summed E-state index contributed by atoms with van der Waals surface area (Å²) >= 11 is 0. The van der Waals surface area contributed by atoms with Gasteiger partial charge >= 0.3 is 12.1 Å². The number of carbonyl (C=O) groups excluding carboxylic acids is 1. The average molecular weight is 251 g/mol. The van der Waals surface area contributed by atoms with Crippen molar-refractivity contribution in [3.63, 3.8) is 0 Å². The second-order valence-electron chi connectivity index (χ2n) is 4.96. The predicted octanol–water partition coefficient (Wildman–Crippen LogP) is 3.04. The molecule has 0 fully saturated rings. The fraction of sp³-hybridized carbons (Fsp3) is 0.385. The van der Waals surface area contributed by atoms with E-state index in [1.165, 1.54) is 6.07 Å². The molecule has 0 bridgehead atoms. The summed E-state index contributed by atoms with van der Waals surface area (Å²) < 4.78 is 5.25. The fourth-order valence-corrected chi connectivity index (χ4v) is 1.43. The standard InChI is InChI=1S/C13H17NO4/c1-8-7-9(14-12(16)17)5-6-10(8)11(15)18-13(2,3)4/h5-7,14H,1-4H3,(H,16,17). The van der Waals surface area contributed by atoms with Gasteiger partial charge in [-0.3, -0.25) is 5.32 Å². The molecule has 5 heteroatoms. The second kappa shape index (κ2) is 5.08. The molecule has 1 rings (SSSR count). The van der Waals surface area contributed by atoms with Gasteiger partial charge in [-0.15, -0.1) is 0 Å². The number of nitrogens with one attached hydrogen (secondary N) is 1. The van der Waals surface area contributed by atoms with Crippen molar-refractivity contribution in [3.8, 4) is 0 Å². The highest BCUT2D eigenvalue weighted by molar-refractivity contribution is 5.92. The molecule has 0 radical (unpaired) electrons. The first-order valence-electron chi connectivity index (χ1n) is 5.53. The minimum absolute atomic E-state index is 0.415. The maximum atomic E-state index is 11.9. The highest BCUT2D eigenvalue weighted by Gasteiger charge is 2.19. The van der Waals surface area contributed by atoms with Crippen LogP contribution in [0.3, 0.4) is 0 Å². The largest absolute Gasteiger partial charge is 0.465 e. The monoisotopic (exact) mass is 251 g/mol. The molecule has 1 aromatic carbocycles. The van der Waals surface area contributed by atoms with Crippen LogP contribution in [0, 0.1) is 6.92 Å². The van der Waals surface area contributed by atoms with Gasteiger partial charge in [0.25, 0.3) is 0 Å². The summed E-state index contributed by atoms with van der Waals surface area (Å²) in [6.07, 6.45) is -1.14. The molecule has 0 aliphatic carbocycles. The Morgan fingerprint density at radius 2 is 1.89 bits per heavy atom. The van der Waals surface area contributed by atoms with Gasteiger partial charge in [0, 0.05) is 5.69 Å². The van der Waals surface area contributed by atoms with E-state index < -0.39 is 17.7 Å². The number of ether oxygens (including phenoxy) is 1. The fourth-order valence-electron chi connectivity index (χ4n) is 1.43. The van der Waals surface area contributed by atoms with Crippen molar-refractivity contribution in [2.45, 2.75) is 33.3 Å². The normalized spacial score (nSPS) is 10.9. The van der Waals surface area contributed by atoms with E-state index in [0.717, 1.165) is 0 Å². The summed E-state index contributed by atoms with van der Waals surface area (Å²) in [4.78, 5) is 22.3. The first-order chi connectivity index (χ1) is 8.19. The van der Waals surface area contributed by atoms with Crippen molar-refractivity contribution in [2.24, 2.45) is 0 Å². The van der Waals surface area contributed by atoms with Gasteiger partial charge in [-0.05, 0) is 51.5 Å². The molecule has 0 saturated heterocycles. The van der Waals surface area contributed by atoms with E-state index in [9.17, 15) is 9.59 Å². The molecular weight excluding hydrogens is 234 g/mol. The molecule has 0 spiro atoms. The number of hydrogen-bond acceptors (Lipinski definition) is 3. The van der Waals surface area contributed by atoms with Crippen LogP contribution in [-0.2, 0) is 4.74 Å². The van der Waals surface area contributed by atoms with E-state index >= 15 is 0 Å². The van der Waals surface area contributed by atoms with Gasteiger partial charge in [0.1, 0.15) is 5.60 Å². The molecule has 0 saturated carbocycles. The van der Waals surface area contributed by atoms with Crippen molar-refractivity contribution in [2.75, 3.05) is 5.32 Å².